The van der Waals surface area contributed by atoms with E-state index in [1.807, 2.05) is 24.3 Å². The molecule has 178 valence electrons. The molecule has 1 aromatic heterocycles. The number of fused-ring (bicyclic) bond motifs is 1. The predicted octanol–water partition coefficient (Wildman–Crippen LogP) is 6.10. The third kappa shape index (κ3) is 4.33. The van der Waals surface area contributed by atoms with Gasteiger partial charge in [-0.05, 0) is 60.7 Å². The molecular formula is C29H30N4O2. The maximum Gasteiger partial charge on any atom is 0.130 e. The van der Waals surface area contributed by atoms with Crippen molar-refractivity contribution in [2.24, 2.45) is 0 Å². The molecule has 3 aliphatic rings. The highest BCUT2D eigenvalue weighted by atomic mass is 16.5. The Balaban J connectivity index is 1.29. The number of rotatable bonds is 6. The summed E-state index contributed by atoms with van der Waals surface area (Å²) >= 11 is 0. The number of anilines is 3. The molecule has 0 radical (unpaired) electrons. The first-order chi connectivity index (χ1) is 17.3. The van der Waals surface area contributed by atoms with Gasteiger partial charge in [0.05, 0.1) is 31.2 Å². The zero-order valence-corrected chi connectivity index (χ0v) is 19.8. The van der Waals surface area contributed by atoms with Gasteiger partial charge in [-0.2, -0.15) is 5.26 Å². The maximum atomic E-state index is 10.3. The summed E-state index contributed by atoms with van der Waals surface area (Å²) < 4.78 is 11.8. The van der Waals surface area contributed by atoms with E-state index in [9.17, 15) is 5.26 Å². The SMILES string of the molecule is N#CC1c2ccc(OC3CCOCC3)cc2N(C2CCC2)C1c1ccc(Nc2ccccn2)cc1. The Kier molecular flexibility index (Phi) is 6.01. The number of hydrogen-bond acceptors (Lipinski definition) is 6. The topological polar surface area (TPSA) is 70.4 Å². The first-order valence-electron chi connectivity index (χ1n) is 12.6. The van der Waals surface area contributed by atoms with Gasteiger partial charge in [-0.25, -0.2) is 4.98 Å². The highest BCUT2D eigenvalue weighted by Gasteiger charge is 2.44. The van der Waals surface area contributed by atoms with Crippen LogP contribution in [0.3, 0.4) is 0 Å². The Hall–Kier alpha value is -3.56. The van der Waals surface area contributed by atoms with Crippen molar-refractivity contribution in [1.82, 2.24) is 4.98 Å². The Morgan fingerprint density at radius 2 is 1.83 bits per heavy atom. The number of benzene rings is 2. The first-order valence-corrected chi connectivity index (χ1v) is 12.6. The van der Waals surface area contributed by atoms with Crippen LogP contribution in [0.5, 0.6) is 5.75 Å². The largest absolute Gasteiger partial charge is 0.490 e. The van der Waals surface area contributed by atoms with Crippen LogP contribution >= 0.6 is 0 Å². The summed E-state index contributed by atoms with van der Waals surface area (Å²) in [4.78, 5) is 6.85. The second-order valence-corrected chi connectivity index (χ2v) is 9.66. The number of nitrogens with zero attached hydrogens (tertiary/aromatic N) is 3. The third-order valence-electron chi connectivity index (χ3n) is 7.50. The van der Waals surface area contributed by atoms with Crippen LogP contribution in [0.2, 0.25) is 0 Å². The number of nitrogens with one attached hydrogen (secondary N) is 1. The van der Waals surface area contributed by atoms with E-state index < -0.39 is 0 Å². The molecular weight excluding hydrogens is 436 g/mol. The fraction of sp³-hybridized carbons (Fsp3) is 0.379. The minimum atomic E-state index is -0.211. The monoisotopic (exact) mass is 466 g/mol. The van der Waals surface area contributed by atoms with Gasteiger partial charge in [-0.3, -0.25) is 0 Å². The van der Waals surface area contributed by atoms with Crippen LogP contribution in [-0.4, -0.2) is 30.3 Å². The van der Waals surface area contributed by atoms with Crippen LogP contribution < -0.4 is 15.0 Å². The highest BCUT2D eigenvalue weighted by molar-refractivity contribution is 5.69. The van der Waals surface area contributed by atoms with E-state index in [1.54, 1.807) is 6.20 Å². The molecule has 1 saturated carbocycles. The molecule has 6 heteroatoms. The third-order valence-corrected chi connectivity index (χ3v) is 7.50. The molecule has 35 heavy (non-hydrogen) atoms. The number of aromatic nitrogens is 1. The van der Waals surface area contributed by atoms with Crippen LogP contribution in [0.4, 0.5) is 17.2 Å². The van der Waals surface area contributed by atoms with Gasteiger partial charge in [0.25, 0.3) is 0 Å². The van der Waals surface area contributed by atoms with Crippen LogP contribution in [0.15, 0.2) is 66.9 Å². The van der Waals surface area contributed by atoms with Gasteiger partial charge in [0, 0.05) is 42.5 Å². The molecule has 3 heterocycles. The van der Waals surface area contributed by atoms with Crippen molar-refractivity contribution in [3.63, 3.8) is 0 Å². The lowest BCUT2D eigenvalue weighted by atomic mass is 9.87. The zero-order chi connectivity index (χ0) is 23.6. The van der Waals surface area contributed by atoms with Gasteiger partial charge in [0.2, 0.25) is 0 Å². The van der Waals surface area contributed by atoms with Crippen LogP contribution in [0.1, 0.15) is 55.2 Å². The molecule has 2 aromatic carbocycles. The van der Waals surface area contributed by atoms with Crippen molar-refractivity contribution in [2.45, 2.75) is 56.2 Å². The van der Waals surface area contributed by atoms with Crippen LogP contribution in [-0.2, 0) is 4.74 Å². The van der Waals surface area contributed by atoms with E-state index in [4.69, 9.17) is 9.47 Å². The van der Waals surface area contributed by atoms with Crippen LogP contribution in [0, 0.1) is 11.3 Å². The lowest BCUT2D eigenvalue weighted by molar-refractivity contribution is 0.0256. The van der Waals surface area contributed by atoms with Crippen molar-refractivity contribution >= 4 is 17.2 Å². The molecule has 2 aliphatic heterocycles. The summed E-state index contributed by atoms with van der Waals surface area (Å²) in [5.74, 6) is 1.50. The van der Waals surface area contributed by atoms with E-state index in [0.717, 1.165) is 60.1 Å². The molecule has 6 nitrogen and oxygen atoms in total. The van der Waals surface area contributed by atoms with Crippen molar-refractivity contribution in [3.8, 4) is 11.8 Å². The lowest BCUT2D eigenvalue weighted by Gasteiger charge is -2.41. The van der Waals surface area contributed by atoms with Crippen LogP contribution in [0.25, 0.3) is 0 Å². The summed E-state index contributed by atoms with van der Waals surface area (Å²) in [6, 6.07) is 23.7. The van der Waals surface area contributed by atoms with Gasteiger partial charge in [0.15, 0.2) is 0 Å². The number of nitriles is 1. The molecule has 0 bridgehead atoms. The van der Waals surface area contributed by atoms with Crippen molar-refractivity contribution < 1.29 is 9.47 Å². The Labute approximate surface area is 206 Å². The zero-order valence-electron chi connectivity index (χ0n) is 19.8. The maximum absolute atomic E-state index is 10.3. The minimum absolute atomic E-state index is 0.00234. The predicted molar refractivity (Wildman–Crippen MR) is 136 cm³/mol. The summed E-state index contributed by atoms with van der Waals surface area (Å²) in [5, 5.41) is 13.6. The van der Waals surface area contributed by atoms with Gasteiger partial charge in [0.1, 0.15) is 17.7 Å². The molecule has 1 saturated heterocycles. The number of ether oxygens (including phenoxy) is 2. The molecule has 0 amide bonds. The molecule has 1 aliphatic carbocycles. The standard InChI is InChI=1S/C29H30N4O2/c30-19-26-25-12-11-24(35-23-13-16-34-17-14-23)18-27(25)33(22-4-3-5-22)29(26)20-7-9-21(10-8-20)32-28-6-1-2-15-31-28/h1-2,6-12,15,18,22-23,26,29H,3-5,13-14,16-17H2,(H,31,32). The summed E-state index contributed by atoms with van der Waals surface area (Å²) in [5.41, 5.74) is 4.42. The molecule has 3 aromatic rings. The van der Waals surface area contributed by atoms with Crippen molar-refractivity contribution in [2.75, 3.05) is 23.4 Å². The number of pyridine rings is 1. The molecule has 2 atom stereocenters. The van der Waals surface area contributed by atoms with E-state index in [-0.39, 0.29) is 18.1 Å². The minimum Gasteiger partial charge on any atom is -0.490 e. The lowest BCUT2D eigenvalue weighted by Crippen LogP contribution is -2.41. The van der Waals surface area contributed by atoms with E-state index in [0.29, 0.717) is 6.04 Å². The Morgan fingerprint density at radius 3 is 2.51 bits per heavy atom. The molecule has 2 fully saturated rings. The van der Waals surface area contributed by atoms with Gasteiger partial charge in [-0.15, -0.1) is 0 Å². The van der Waals surface area contributed by atoms with E-state index in [1.165, 1.54) is 19.3 Å². The molecule has 6 rings (SSSR count). The van der Waals surface area contributed by atoms with E-state index in [2.05, 4.69) is 57.7 Å². The van der Waals surface area contributed by atoms with Gasteiger partial charge < -0.3 is 19.7 Å². The Bertz CT molecular complexity index is 1200. The van der Waals surface area contributed by atoms with Crippen molar-refractivity contribution in [1.29, 1.82) is 5.26 Å². The van der Waals surface area contributed by atoms with Gasteiger partial charge >= 0.3 is 0 Å². The summed E-state index contributed by atoms with van der Waals surface area (Å²) in [6.07, 6.45) is 7.39. The smallest absolute Gasteiger partial charge is 0.130 e. The summed E-state index contributed by atoms with van der Waals surface area (Å²) in [7, 11) is 0. The quantitative estimate of drug-likeness (QED) is 0.473. The highest BCUT2D eigenvalue weighted by Crippen LogP contribution is 2.53. The number of hydrogen-bond donors (Lipinski definition) is 1. The van der Waals surface area contributed by atoms with E-state index >= 15 is 0 Å². The summed E-state index contributed by atoms with van der Waals surface area (Å²) in [6.45, 7) is 1.52. The fourth-order valence-corrected chi connectivity index (χ4v) is 5.48. The fourth-order valence-electron chi connectivity index (χ4n) is 5.48. The molecule has 1 N–H and O–H groups in total. The average Bonchev–Trinajstić information content (AvgIpc) is 3.18. The average molecular weight is 467 g/mol. The normalized spacial score (nSPS) is 22.2. The van der Waals surface area contributed by atoms with Crippen molar-refractivity contribution in [3.05, 3.63) is 78.0 Å². The first kappa shape index (κ1) is 21.9. The molecule has 0 spiro atoms. The molecule has 2 unspecified atom stereocenters. The second kappa shape index (κ2) is 9.59. The second-order valence-electron chi connectivity index (χ2n) is 9.66. The Morgan fingerprint density at radius 1 is 1.00 bits per heavy atom. The van der Waals surface area contributed by atoms with Gasteiger partial charge in [-0.1, -0.05) is 24.3 Å².